The summed E-state index contributed by atoms with van der Waals surface area (Å²) in [6, 6.07) is 6.23. The van der Waals surface area contributed by atoms with Crippen molar-refractivity contribution in [2.24, 2.45) is 5.73 Å². The van der Waals surface area contributed by atoms with Crippen molar-refractivity contribution < 1.29 is 19.5 Å². The van der Waals surface area contributed by atoms with Gasteiger partial charge in [0, 0.05) is 4.75 Å². The predicted octanol–water partition coefficient (Wildman–Crippen LogP) is 0.264. The molecule has 1 aliphatic heterocycles. The molecule has 4 atom stereocenters. The molecule has 0 bridgehead atoms. The Hall–Kier alpha value is -1.90. The Labute approximate surface area is 144 Å². The number of aldehydes is 1. The highest BCUT2D eigenvalue weighted by Crippen LogP contribution is 2.38. The van der Waals surface area contributed by atoms with E-state index in [-0.39, 0.29) is 0 Å². The Morgan fingerprint density at radius 1 is 1.38 bits per heavy atom. The number of hydrogen-bond donors (Lipinski definition) is 4. The summed E-state index contributed by atoms with van der Waals surface area (Å²) in [4.78, 5) is 35.0. The minimum atomic E-state index is -0.994. The zero-order valence-corrected chi connectivity index (χ0v) is 14.2. The molecule has 7 nitrogen and oxygen atoms in total. The molecular formula is C16H21N3O4S. The van der Waals surface area contributed by atoms with Gasteiger partial charge in [-0.3, -0.25) is 14.9 Å². The molecule has 1 saturated heterocycles. The third-order valence-electron chi connectivity index (χ3n) is 3.93. The van der Waals surface area contributed by atoms with E-state index < -0.39 is 40.1 Å². The first-order valence-corrected chi connectivity index (χ1v) is 8.37. The lowest BCUT2D eigenvalue weighted by molar-refractivity contribution is -0.140. The van der Waals surface area contributed by atoms with Crippen LogP contribution < -0.4 is 16.4 Å². The number of aliphatic carboxylic acids is 1. The van der Waals surface area contributed by atoms with E-state index in [1.165, 1.54) is 11.8 Å². The predicted molar refractivity (Wildman–Crippen MR) is 91.4 cm³/mol. The number of rotatable bonds is 6. The molecule has 130 valence electrons. The number of nitrogens with two attached hydrogens (primary N) is 1. The van der Waals surface area contributed by atoms with Crippen LogP contribution in [-0.2, 0) is 14.4 Å². The van der Waals surface area contributed by atoms with Gasteiger partial charge in [0.05, 0.1) is 5.37 Å². The van der Waals surface area contributed by atoms with Gasteiger partial charge in [-0.2, -0.15) is 0 Å². The van der Waals surface area contributed by atoms with Crippen LogP contribution in [0, 0.1) is 0 Å². The number of thioether (sulfide) groups is 1. The number of amides is 1. The molecule has 0 aliphatic carbocycles. The van der Waals surface area contributed by atoms with Crippen molar-refractivity contribution in [1.29, 1.82) is 0 Å². The number of benzene rings is 1. The molecule has 5 N–H and O–H groups in total. The number of carboxylic acid groups (broad SMARTS) is 1. The minimum absolute atomic E-state index is 0.489. The van der Waals surface area contributed by atoms with Crippen LogP contribution in [0.15, 0.2) is 30.3 Å². The summed E-state index contributed by atoms with van der Waals surface area (Å²) in [6.45, 7) is 3.56. The van der Waals surface area contributed by atoms with Gasteiger partial charge in [-0.05, 0) is 19.4 Å². The Kier molecular flexibility index (Phi) is 5.63. The summed E-state index contributed by atoms with van der Waals surface area (Å²) in [5, 5.41) is 14.2. The molecule has 2 rings (SSSR count). The summed E-state index contributed by atoms with van der Waals surface area (Å²) < 4.78 is -0.607. The van der Waals surface area contributed by atoms with E-state index in [0.717, 1.165) is 0 Å². The van der Waals surface area contributed by atoms with Gasteiger partial charge in [0.2, 0.25) is 5.91 Å². The van der Waals surface area contributed by atoms with Gasteiger partial charge < -0.3 is 21.0 Å². The van der Waals surface area contributed by atoms with Crippen molar-refractivity contribution in [2.75, 3.05) is 0 Å². The van der Waals surface area contributed by atoms with E-state index >= 15 is 0 Å². The van der Waals surface area contributed by atoms with Crippen LogP contribution in [0.5, 0.6) is 0 Å². The quantitative estimate of drug-likeness (QED) is 0.543. The van der Waals surface area contributed by atoms with Crippen LogP contribution in [0.1, 0.15) is 25.5 Å². The fourth-order valence-electron chi connectivity index (χ4n) is 2.59. The van der Waals surface area contributed by atoms with Crippen LogP contribution in [0.2, 0.25) is 0 Å². The molecule has 0 unspecified atom stereocenters. The van der Waals surface area contributed by atoms with Gasteiger partial charge >= 0.3 is 5.97 Å². The molecule has 1 fully saturated rings. The maximum atomic E-state index is 12.3. The molecule has 0 aromatic heterocycles. The lowest BCUT2D eigenvalue weighted by atomic mass is 10.0. The Morgan fingerprint density at radius 3 is 2.50 bits per heavy atom. The first kappa shape index (κ1) is 18.4. The van der Waals surface area contributed by atoms with Crippen molar-refractivity contribution in [2.45, 2.75) is 42.1 Å². The second kappa shape index (κ2) is 7.33. The van der Waals surface area contributed by atoms with E-state index in [9.17, 15) is 19.5 Å². The number of hydrogen-bond acceptors (Lipinski definition) is 6. The summed E-state index contributed by atoms with van der Waals surface area (Å²) in [7, 11) is 0. The maximum absolute atomic E-state index is 12.3. The number of carbonyl (C=O) groups excluding carboxylic acids is 2. The molecule has 8 heteroatoms. The van der Waals surface area contributed by atoms with Crippen LogP contribution in [0.25, 0.3) is 0 Å². The SMILES string of the molecule is CC1(C)S[C@H]([C@@H](C=O)NC(=O)[C@H](N)c2ccccc2)N[C@H]1C(=O)O. The van der Waals surface area contributed by atoms with Crippen LogP contribution >= 0.6 is 11.8 Å². The minimum Gasteiger partial charge on any atom is -0.480 e. The third kappa shape index (κ3) is 3.95. The summed E-state index contributed by atoms with van der Waals surface area (Å²) in [5.74, 6) is -1.48. The van der Waals surface area contributed by atoms with Crippen molar-refractivity contribution in [3.63, 3.8) is 0 Å². The lowest BCUT2D eigenvalue weighted by Crippen LogP contribution is -2.52. The average Bonchev–Trinajstić information content (AvgIpc) is 2.88. The molecule has 0 radical (unpaired) electrons. The third-order valence-corrected chi connectivity index (χ3v) is 5.45. The summed E-state index contributed by atoms with van der Waals surface area (Å²) in [5.41, 5.74) is 6.55. The fourth-order valence-corrected chi connectivity index (χ4v) is 4.03. The number of nitrogens with one attached hydrogen (secondary N) is 2. The standard InChI is InChI=1S/C16H21N3O4S/c1-16(2)12(15(22)23)19-14(24-16)10(8-20)18-13(21)11(17)9-6-4-3-5-7-9/h3-8,10-12,14,19H,17H2,1-2H3,(H,18,21)(H,22,23)/t10-,11-,12+,14-/m1/s1. The Morgan fingerprint density at radius 2 is 2.00 bits per heavy atom. The molecule has 1 heterocycles. The summed E-state index contributed by atoms with van der Waals surface area (Å²) >= 11 is 1.31. The molecule has 0 spiro atoms. The van der Waals surface area contributed by atoms with Gasteiger partial charge in [0.1, 0.15) is 24.4 Å². The Balaban J connectivity index is 2.06. The fraction of sp³-hybridized carbons (Fsp3) is 0.438. The van der Waals surface area contributed by atoms with Crippen molar-refractivity contribution in [1.82, 2.24) is 10.6 Å². The average molecular weight is 351 g/mol. The van der Waals surface area contributed by atoms with Gasteiger partial charge in [0.25, 0.3) is 0 Å². The first-order valence-electron chi connectivity index (χ1n) is 7.49. The van der Waals surface area contributed by atoms with E-state index in [1.54, 1.807) is 38.1 Å². The van der Waals surface area contributed by atoms with Crippen LogP contribution in [0.3, 0.4) is 0 Å². The van der Waals surface area contributed by atoms with Crippen molar-refractivity contribution in [3.8, 4) is 0 Å². The van der Waals surface area contributed by atoms with Crippen LogP contribution in [0.4, 0.5) is 0 Å². The normalized spacial score (nSPS) is 24.8. The molecule has 1 aliphatic rings. The molecular weight excluding hydrogens is 330 g/mol. The van der Waals surface area contributed by atoms with Gasteiger partial charge in [-0.15, -0.1) is 11.8 Å². The topological polar surface area (TPSA) is 122 Å². The second-order valence-corrected chi connectivity index (χ2v) is 7.93. The second-order valence-electron chi connectivity index (χ2n) is 6.14. The smallest absolute Gasteiger partial charge is 0.322 e. The molecule has 1 aromatic carbocycles. The first-order chi connectivity index (χ1) is 11.3. The monoisotopic (exact) mass is 351 g/mol. The van der Waals surface area contributed by atoms with E-state index in [1.807, 2.05) is 6.07 Å². The molecule has 1 aromatic rings. The van der Waals surface area contributed by atoms with Crippen molar-refractivity contribution in [3.05, 3.63) is 35.9 Å². The number of carbonyl (C=O) groups is 3. The highest BCUT2D eigenvalue weighted by molar-refractivity contribution is 8.01. The van der Waals surface area contributed by atoms with E-state index in [0.29, 0.717) is 11.8 Å². The molecule has 0 saturated carbocycles. The lowest BCUT2D eigenvalue weighted by Gasteiger charge is -2.22. The summed E-state index contributed by atoms with van der Waals surface area (Å²) in [6.07, 6.45) is 0.598. The number of carboxylic acids is 1. The molecule has 24 heavy (non-hydrogen) atoms. The Bertz CT molecular complexity index is 623. The zero-order chi connectivity index (χ0) is 17.9. The van der Waals surface area contributed by atoms with E-state index in [2.05, 4.69) is 10.6 Å². The van der Waals surface area contributed by atoms with Gasteiger partial charge in [-0.25, -0.2) is 0 Å². The highest BCUT2D eigenvalue weighted by Gasteiger charge is 2.47. The highest BCUT2D eigenvalue weighted by atomic mass is 32.2. The largest absolute Gasteiger partial charge is 0.480 e. The molecule has 1 amide bonds. The van der Waals surface area contributed by atoms with E-state index in [4.69, 9.17) is 5.73 Å². The van der Waals surface area contributed by atoms with Gasteiger partial charge in [-0.1, -0.05) is 30.3 Å². The van der Waals surface area contributed by atoms with Crippen LogP contribution in [-0.4, -0.2) is 45.5 Å². The zero-order valence-electron chi connectivity index (χ0n) is 13.4. The van der Waals surface area contributed by atoms with Crippen molar-refractivity contribution >= 4 is 29.9 Å². The van der Waals surface area contributed by atoms with Gasteiger partial charge in [0.15, 0.2) is 0 Å². The maximum Gasteiger partial charge on any atom is 0.322 e.